The molecule has 0 saturated heterocycles. The van der Waals surface area contributed by atoms with Crippen molar-refractivity contribution < 1.29 is 19.4 Å². The molecule has 2 aromatic rings. The van der Waals surface area contributed by atoms with E-state index in [1.165, 1.54) is 12.1 Å². The van der Waals surface area contributed by atoms with E-state index in [1.54, 1.807) is 31.4 Å². The molecule has 0 spiro atoms. The molecule has 0 saturated carbocycles. The summed E-state index contributed by atoms with van der Waals surface area (Å²) in [4.78, 5) is 23.2. The van der Waals surface area contributed by atoms with Crippen molar-refractivity contribution in [1.29, 1.82) is 0 Å². The first-order chi connectivity index (χ1) is 11.4. The van der Waals surface area contributed by atoms with E-state index in [0.29, 0.717) is 0 Å². The molecule has 0 aliphatic heterocycles. The quantitative estimate of drug-likeness (QED) is 0.823. The van der Waals surface area contributed by atoms with Crippen LogP contribution in [0.1, 0.15) is 27.0 Å². The molecule has 5 heteroatoms. The summed E-state index contributed by atoms with van der Waals surface area (Å²) < 4.78 is 5.31. The first-order valence-electron chi connectivity index (χ1n) is 7.39. The first kappa shape index (κ1) is 17.3. The van der Waals surface area contributed by atoms with Crippen molar-refractivity contribution in [2.45, 2.75) is 13.8 Å². The number of carboxylic acid groups (broad SMARTS) is 1. The van der Waals surface area contributed by atoms with Gasteiger partial charge in [-0.05, 0) is 54.8 Å². The third-order valence-electron chi connectivity index (χ3n) is 3.70. The van der Waals surface area contributed by atoms with Crippen LogP contribution >= 0.6 is 0 Å². The fourth-order valence-corrected chi connectivity index (χ4v) is 2.29. The smallest absolute Gasteiger partial charge is 0.337 e. The van der Waals surface area contributed by atoms with Crippen molar-refractivity contribution in [1.82, 2.24) is 0 Å². The molecule has 24 heavy (non-hydrogen) atoms. The zero-order chi connectivity index (χ0) is 17.7. The van der Waals surface area contributed by atoms with E-state index < -0.39 is 11.9 Å². The molecule has 0 radical (unpaired) electrons. The molecule has 0 aliphatic carbocycles. The van der Waals surface area contributed by atoms with Crippen molar-refractivity contribution in [2.75, 3.05) is 12.4 Å². The number of para-hydroxylation sites is 1. The van der Waals surface area contributed by atoms with Gasteiger partial charge in [-0.25, -0.2) is 4.79 Å². The van der Waals surface area contributed by atoms with Crippen LogP contribution in [0.3, 0.4) is 0 Å². The number of nitrogens with one attached hydrogen (secondary N) is 1. The molecule has 2 aromatic carbocycles. The minimum atomic E-state index is -1.09. The molecule has 5 nitrogen and oxygen atoms in total. The first-order valence-corrected chi connectivity index (χ1v) is 7.39. The Kier molecular flexibility index (Phi) is 5.37. The Labute approximate surface area is 140 Å². The third-order valence-corrected chi connectivity index (χ3v) is 3.70. The summed E-state index contributed by atoms with van der Waals surface area (Å²) in [5.74, 6) is -0.735. The number of anilines is 1. The lowest BCUT2D eigenvalue weighted by molar-refractivity contribution is -0.111. The molecule has 0 atom stereocenters. The van der Waals surface area contributed by atoms with Gasteiger partial charge in [0.05, 0.1) is 18.4 Å². The Morgan fingerprint density at radius 1 is 1.17 bits per heavy atom. The van der Waals surface area contributed by atoms with Crippen LogP contribution in [-0.2, 0) is 4.79 Å². The Hall–Kier alpha value is -3.08. The summed E-state index contributed by atoms with van der Waals surface area (Å²) in [7, 11) is 1.60. The van der Waals surface area contributed by atoms with Gasteiger partial charge in [-0.3, -0.25) is 4.79 Å². The molecule has 0 fully saturated rings. The van der Waals surface area contributed by atoms with E-state index in [9.17, 15) is 9.59 Å². The highest BCUT2D eigenvalue weighted by atomic mass is 16.5. The zero-order valence-electron chi connectivity index (χ0n) is 13.8. The van der Waals surface area contributed by atoms with Crippen LogP contribution in [0.25, 0.3) is 6.08 Å². The Morgan fingerprint density at radius 2 is 1.88 bits per heavy atom. The summed E-state index contributed by atoms with van der Waals surface area (Å²) in [5, 5.41) is 11.7. The van der Waals surface area contributed by atoms with Gasteiger partial charge in [-0.1, -0.05) is 18.2 Å². The molecule has 0 aromatic heterocycles. The van der Waals surface area contributed by atoms with Gasteiger partial charge in [-0.15, -0.1) is 0 Å². The van der Waals surface area contributed by atoms with Gasteiger partial charge in [0, 0.05) is 6.08 Å². The van der Waals surface area contributed by atoms with E-state index in [-0.39, 0.29) is 11.3 Å². The molecule has 2 rings (SSSR count). The topological polar surface area (TPSA) is 75.6 Å². The fraction of sp³-hybridized carbons (Fsp3) is 0.158. The Morgan fingerprint density at radius 3 is 2.54 bits per heavy atom. The maximum Gasteiger partial charge on any atom is 0.337 e. The van der Waals surface area contributed by atoms with Gasteiger partial charge in [-0.2, -0.15) is 0 Å². The highest BCUT2D eigenvalue weighted by molar-refractivity contribution is 6.06. The van der Waals surface area contributed by atoms with Crippen LogP contribution in [0.4, 0.5) is 5.69 Å². The number of hydrogen-bond acceptors (Lipinski definition) is 3. The predicted octanol–water partition coefficient (Wildman–Crippen LogP) is 3.66. The van der Waals surface area contributed by atoms with Crippen LogP contribution in [0.2, 0.25) is 0 Å². The summed E-state index contributed by atoms with van der Waals surface area (Å²) in [6.45, 7) is 3.94. The number of carbonyl (C=O) groups excluding carboxylic acids is 1. The number of carbonyl (C=O) groups is 2. The number of hydrogen-bond donors (Lipinski definition) is 2. The molecular formula is C19H19NO4. The number of rotatable bonds is 5. The molecule has 2 N–H and O–H groups in total. The third kappa shape index (κ3) is 4.01. The van der Waals surface area contributed by atoms with Crippen LogP contribution in [0.15, 0.2) is 42.5 Å². The Bertz CT molecular complexity index is 809. The van der Waals surface area contributed by atoms with Crippen molar-refractivity contribution >= 4 is 23.6 Å². The molecule has 0 bridgehead atoms. The van der Waals surface area contributed by atoms with Gasteiger partial charge >= 0.3 is 5.97 Å². The number of aryl methyl sites for hydroxylation is 1. The van der Waals surface area contributed by atoms with Gasteiger partial charge in [0.2, 0.25) is 5.91 Å². The second-order valence-electron chi connectivity index (χ2n) is 5.34. The fourth-order valence-electron chi connectivity index (χ4n) is 2.29. The second kappa shape index (κ2) is 7.46. The molecule has 124 valence electrons. The van der Waals surface area contributed by atoms with Crippen LogP contribution < -0.4 is 10.1 Å². The predicted molar refractivity (Wildman–Crippen MR) is 93.5 cm³/mol. The van der Waals surface area contributed by atoms with E-state index >= 15 is 0 Å². The maximum atomic E-state index is 12.0. The van der Waals surface area contributed by atoms with E-state index in [2.05, 4.69) is 5.32 Å². The molecule has 0 heterocycles. The monoisotopic (exact) mass is 325 g/mol. The summed E-state index contributed by atoms with van der Waals surface area (Å²) in [6.07, 6.45) is 3.02. The average molecular weight is 325 g/mol. The Balaban J connectivity index is 2.17. The van der Waals surface area contributed by atoms with Crippen molar-refractivity contribution in [3.8, 4) is 5.75 Å². The lowest BCUT2D eigenvalue weighted by atomic mass is 10.0. The maximum absolute atomic E-state index is 12.0. The van der Waals surface area contributed by atoms with E-state index in [1.807, 2.05) is 26.0 Å². The van der Waals surface area contributed by atoms with Crippen LogP contribution in [-0.4, -0.2) is 24.1 Å². The molecular weight excluding hydrogens is 306 g/mol. The summed E-state index contributed by atoms with van der Waals surface area (Å²) >= 11 is 0. The van der Waals surface area contributed by atoms with Crippen molar-refractivity contribution in [3.63, 3.8) is 0 Å². The van der Waals surface area contributed by atoms with Crippen LogP contribution in [0, 0.1) is 13.8 Å². The van der Waals surface area contributed by atoms with E-state index in [0.717, 1.165) is 22.4 Å². The number of aromatic carboxylic acids is 1. The van der Waals surface area contributed by atoms with Gasteiger partial charge in [0.1, 0.15) is 5.75 Å². The van der Waals surface area contributed by atoms with Gasteiger partial charge in [0.25, 0.3) is 0 Å². The lowest BCUT2D eigenvalue weighted by Crippen LogP contribution is -2.11. The standard InChI is InChI=1S/C19H19NO4/c1-12-10-14(11-17(24-3)13(12)2)8-9-18(21)20-16-7-5-4-6-15(16)19(22)23/h4-11H,1-3H3,(H,20,21)(H,22,23)/b9-8+. The largest absolute Gasteiger partial charge is 0.496 e. The average Bonchev–Trinajstić information content (AvgIpc) is 2.56. The summed E-state index contributed by atoms with van der Waals surface area (Å²) in [5.41, 5.74) is 3.25. The summed E-state index contributed by atoms with van der Waals surface area (Å²) in [6, 6.07) is 10.1. The highest BCUT2D eigenvalue weighted by Crippen LogP contribution is 2.24. The number of amides is 1. The normalized spacial score (nSPS) is 10.6. The van der Waals surface area contributed by atoms with Crippen LogP contribution in [0.5, 0.6) is 5.75 Å². The molecule has 0 unspecified atom stereocenters. The number of benzene rings is 2. The molecule has 1 amide bonds. The molecule has 0 aliphatic rings. The highest BCUT2D eigenvalue weighted by Gasteiger charge is 2.10. The number of methoxy groups -OCH3 is 1. The number of ether oxygens (including phenoxy) is 1. The van der Waals surface area contributed by atoms with Crippen molar-refractivity contribution in [3.05, 3.63) is 64.7 Å². The zero-order valence-corrected chi connectivity index (χ0v) is 13.8. The van der Waals surface area contributed by atoms with Gasteiger partial charge < -0.3 is 15.2 Å². The van der Waals surface area contributed by atoms with E-state index in [4.69, 9.17) is 9.84 Å². The minimum Gasteiger partial charge on any atom is -0.496 e. The van der Waals surface area contributed by atoms with Gasteiger partial charge in [0.15, 0.2) is 0 Å². The minimum absolute atomic E-state index is 0.0482. The number of carboxylic acids is 1. The lowest BCUT2D eigenvalue weighted by Gasteiger charge is -2.09. The second-order valence-corrected chi connectivity index (χ2v) is 5.34. The van der Waals surface area contributed by atoms with Crippen molar-refractivity contribution in [2.24, 2.45) is 0 Å². The SMILES string of the molecule is COc1cc(/C=C/C(=O)Nc2ccccc2C(=O)O)cc(C)c1C.